The van der Waals surface area contributed by atoms with Crippen molar-refractivity contribution in [3.05, 3.63) is 106 Å². The minimum atomic E-state index is -3.89. The normalized spacial score (nSPS) is 11.4. The van der Waals surface area contributed by atoms with Crippen LogP contribution in [-0.2, 0) is 16.6 Å². The number of benzene rings is 2. The highest BCUT2D eigenvalue weighted by Crippen LogP contribution is 2.29. The number of aryl methyl sites for hydroxylation is 1. The molecule has 0 spiro atoms. The molecule has 0 atom stereocenters. The standard InChI is InChI=1S/C24H19ClN8O4S/c1-16-13-32(38(36,37)20-5-3-2-4-6-20)30-22(16)23-21(25)12-26-24(29-23)28-18-11-27-31(15-18)14-17-7-9-19(10-8-17)33(34)35/h2-13,15H,14H2,1H3,(H,26,28,29). The number of hydrogen-bond donors (Lipinski definition) is 1. The van der Waals surface area contributed by atoms with Crippen molar-refractivity contribution >= 4 is 38.9 Å². The Morgan fingerprint density at radius 2 is 1.76 bits per heavy atom. The van der Waals surface area contributed by atoms with E-state index < -0.39 is 14.9 Å². The molecular weight excluding hydrogens is 532 g/mol. The Morgan fingerprint density at radius 1 is 1.03 bits per heavy atom. The Balaban J connectivity index is 1.36. The van der Waals surface area contributed by atoms with E-state index in [-0.39, 0.29) is 27.2 Å². The van der Waals surface area contributed by atoms with Gasteiger partial charge in [0.2, 0.25) is 5.95 Å². The third-order valence-electron chi connectivity index (χ3n) is 5.51. The number of nitrogens with one attached hydrogen (secondary N) is 1. The van der Waals surface area contributed by atoms with Gasteiger partial charge in [-0.05, 0) is 30.2 Å². The molecule has 12 nitrogen and oxygen atoms in total. The van der Waals surface area contributed by atoms with Crippen molar-refractivity contribution in [2.75, 3.05) is 5.32 Å². The molecule has 14 heteroatoms. The molecule has 3 heterocycles. The summed E-state index contributed by atoms with van der Waals surface area (Å²) in [4.78, 5) is 19.2. The fourth-order valence-corrected chi connectivity index (χ4v) is 5.02. The van der Waals surface area contributed by atoms with Crippen LogP contribution >= 0.6 is 11.6 Å². The zero-order chi connectivity index (χ0) is 26.9. The molecule has 0 fully saturated rings. The van der Waals surface area contributed by atoms with Gasteiger partial charge in [-0.3, -0.25) is 14.8 Å². The Labute approximate surface area is 221 Å². The number of nitrogens with zero attached hydrogens (tertiary/aromatic N) is 7. The van der Waals surface area contributed by atoms with Crippen LogP contribution in [0.4, 0.5) is 17.3 Å². The number of nitro groups is 1. The summed E-state index contributed by atoms with van der Waals surface area (Å²) in [5.41, 5.74) is 2.58. The summed E-state index contributed by atoms with van der Waals surface area (Å²) in [5, 5.41) is 22.7. The van der Waals surface area contributed by atoms with Crippen LogP contribution < -0.4 is 5.32 Å². The van der Waals surface area contributed by atoms with Gasteiger partial charge in [0.15, 0.2) is 0 Å². The Morgan fingerprint density at radius 3 is 2.47 bits per heavy atom. The summed E-state index contributed by atoms with van der Waals surface area (Å²) in [5.74, 6) is 0.208. The predicted molar refractivity (Wildman–Crippen MR) is 140 cm³/mol. The fourth-order valence-electron chi connectivity index (χ4n) is 3.64. The monoisotopic (exact) mass is 550 g/mol. The molecule has 0 radical (unpaired) electrons. The van der Waals surface area contributed by atoms with Crippen LogP contribution in [0.5, 0.6) is 0 Å². The van der Waals surface area contributed by atoms with Crippen LogP contribution in [-0.4, -0.2) is 42.3 Å². The molecule has 0 aliphatic heterocycles. The molecule has 2 aromatic carbocycles. The first-order valence-electron chi connectivity index (χ1n) is 11.1. The van der Waals surface area contributed by atoms with Gasteiger partial charge in [-0.15, -0.1) is 0 Å². The van der Waals surface area contributed by atoms with E-state index in [4.69, 9.17) is 11.6 Å². The third-order valence-corrected chi connectivity index (χ3v) is 7.34. The topological polar surface area (TPSA) is 151 Å². The van der Waals surface area contributed by atoms with Crippen LogP contribution in [0.3, 0.4) is 0 Å². The first-order chi connectivity index (χ1) is 18.2. The fraction of sp³-hybridized carbons (Fsp3) is 0.0833. The van der Waals surface area contributed by atoms with Gasteiger partial charge in [-0.2, -0.15) is 22.7 Å². The molecule has 3 aromatic heterocycles. The summed E-state index contributed by atoms with van der Waals surface area (Å²) in [6, 6.07) is 14.2. The lowest BCUT2D eigenvalue weighted by molar-refractivity contribution is -0.384. The highest BCUT2D eigenvalue weighted by atomic mass is 35.5. The van der Waals surface area contributed by atoms with Gasteiger partial charge in [0.25, 0.3) is 15.7 Å². The number of hydrogen-bond acceptors (Lipinski definition) is 9. The molecule has 1 N–H and O–H groups in total. The summed E-state index contributed by atoms with van der Waals surface area (Å²) in [6.07, 6.45) is 6.12. The Kier molecular flexibility index (Phi) is 6.61. The molecule has 5 aromatic rings. The van der Waals surface area contributed by atoms with E-state index in [1.165, 1.54) is 36.7 Å². The summed E-state index contributed by atoms with van der Waals surface area (Å²) < 4.78 is 28.5. The van der Waals surface area contributed by atoms with E-state index in [9.17, 15) is 18.5 Å². The molecule has 0 saturated heterocycles. The van der Waals surface area contributed by atoms with E-state index in [0.29, 0.717) is 23.5 Å². The lowest BCUT2D eigenvalue weighted by Crippen LogP contribution is -2.13. The predicted octanol–water partition coefficient (Wildman–Crippen LogP) is 4.44. The van der Waals surface area contributed by atoms with Crippen molar-refractivity contribution in [3.8, 4) is 11.4 Å². The lowest BCUT2D eigenvalue weighted by atomic mass is 10.2. The highest BCUT2D eigenvalue weighted by molar-refractivity contribution is 7.89. The van der Waals surface area contributed by atoms with E-state index in [1.54, 1.807) is 54.3 Å². The van der Waals surface area contributed by atoms with E-state index in [2.05, 4.69) is 25.5 Å². The minimum Gasteiger partial charge on any atom is -0.321 e. The number of rotatable bonds is 8. The largest absolute Gasteiger partial charge is 0.321 e. The van der Waals surface area contributed by atoms with Crippen LogP contribution in [0.2, 0.25) is 5.02 Å². The number of aromatic nitrogens is 6. The van der Waals surface area contributed by atoms with Crippen LogP contribution in [0.25, 0.3) is 11.4 Å². The zero-order valence-electron chi connectivity index (χ0n) is 19.8. The van der Waals surface area contributed by atoms with Crippen molar-refractivity contribution < 1.29 is 13.3 Å². The number of nitro benzene ring substituents is 1. The molecule has 5 rings (SSSR count). The molecule has 0 aliphatic rings. The molecule has 0 unspecified atom stereocenters. The molecule has 0 aliphatic carbocycles. The van der Waals surface area contributed by atoms with Crippen LogP contribution in [0.15, 0.2) is 84.3 Å². The Hall–Kier alpha value is -4.62. The zero-order valence-corrected chi connectivity index (χ0v) is 21.3. The third kappa shape index (κ3) is 5.10. The van der Waals surface area contributed by atoms with Crippen molar-refractivity contribution in [1.29, 1.82) is 0 Å². The molecule has 192 valence electrons. The van der Waals surface area contributed by atoms with Gasteiger partial charge in [0.05, 0.1) is 39.5 Å². The lowest BCUT2D eigenvalue weighted by Gasteiger charge is -2.06. The van der Waals surface area contributed by atoms with Crippen LogP contribution in [0.1, 0.15) is 11.1 Å². The first kappa shape index (κ1) is 25.0. The summed E-state index contributed by atoms with van der Waals surface area (Å²) in [7, 11) is -3.89. The van der Waals surface area contributed by atoms with E-state index in [1.807, 2.05) is 0 Å². The molecule has 0 bridgehead atoms. The van der Waals surface area contributed by atoms with Gasteiger partial charge in [0, 0.05) is 24.5 Å². The average Bonchev–Trinajstić information content (AvgIpc) is 3.52. The van der Waals surface area contributed by atoms with Gasteiger partial charge in [-0.1, -0.05) is 41.9 Å². The van der Waals surface area contributed by atoms with Crippen molar-refractivity contribution in [2.45, 2.75) is 18.4 Å². The maximum Gasteiger partial charge on any atom is 0.282 e. The first-order valence-corrected chi connectivity index (χ1v) is 12.9. The minimum absolute atomic E-state index is 0.0185. The van der Waals surface area contributed by atoms with Crippen molar-refractivity contribution in [1.82, 2.24) is 28.9 Å². The average molecular weight is 551 g/mol. The quantitative estimate of drug-likeness (QED) is 0.218. The molecule has 38 heavy (non-hydrogen) atoms. The number of anilines is 2. The smallest absolute Gasteiger partial charge is 0.282 e. The maximum atomic E-state index is 13.0. The number of non-ortho nitro benzene ring substituents is 1. The summed E-state index contributed by atoms with van der Waals surface area (Å²) in [6.45, 7) is 2.12. The van der Waals surface area contributed by atoms with E-state index >= 15 is 0 Å². The van der Waals surface area contributed by atoms with E-state index in [0.717, 1.165) is 9.65 Å². The second-order valence-electron chi connectivity index (χ2n) is 8.22. The van der Waals surface area contributed by atoms with Crippen LogP contribution in [0, 0.1) is 17.0 Å². The second-order valence-corrected chi connectivity index (χ2v) is 10.4. The van der Waals surface area contributed by atoms with Gasteiger partial charge in [0.1, 0.15) is 11.4 Å². The van der Waals surface area contributed by atoms with Gasteiger partial charge < -0.3 is 5.32 Å². The van der Waals surface area contributed by atoms with Gasteiger partial charge >= 0.3 is 0 Å². The maximum absolute atomic E-state index is 13.0. The van der Waals surface area contributed by atoms with Gasteiger partial charge in [-0.25, -0.2) is 9.97 Å². The van der Waals surface area contributed by atoms with Crippen molar-refractivity contribution in [2.24, 2.45) is 0 Å². The highest BCUT2D eigenvalue weighted by Gasteiger charge is 2.22. The molecule has 0 saturated carbocycles. The second kappa shape index (κ2) is 10.0. The molecular formula is C24H19ClN8O4S. The van der Waals surface area contributed by atoms with Crippen molar-refractivity contribution in [3.63, 3.8) is 0 Å². The molecule has 0 amide bonds. The Bertz CT molecular complexity index is 1740. The number of halogens is 1. The SMILES string of the molecule is Cc1cn(S(=O)(=O)c2ccccc2)nc1-c1nc(Nc2cnn(Cc3ccc([N+](=O)[O-])cc3)c2)ncc1Cl. The summed E-state index contributed by atoms with van der Waals surface area (Å²) >= 11 is 6.36.